The lowest BCUT2D eigenvalue weighted by Crippen LogP contribution is -1.97. The summed E-state index contributed by atoms with van der Waals surface area (Å²) in [6.45, 7) is 6.32. The van der Waals surface area contributed by atoms with Crippen molar-refractivity contribution in [1.82, 2.24) is 0 Å². The third kappa shape index (κ3) is 6.56. The Balaban J connectivity index is 3.76. The molecule has 1 atom stereocenters. The first-order valence-electron chi connectivity index (χ1n) is 5.36. The molecule has 0 fully saturated rings. The summed E-state index contributed by atoms with van der Waals surface area (Å²) in [5, 5.41) is 0. The molecule has 0 aromatic carbocycles. The smallest absolute Gasteiger partial charge is 0.145 e. The molecule has 0 aromatic heterocycles. The van der Waals surface area contributed by atoms with Crippen molar-refractivity contribution >= 4 is 6.29 Å². The van der Waals surface area contributed by atoms with Gasteiger partial charge in [0.15, 0.2) is 0 Å². The second kappa shape index (κ2) is 8.03. The second-order valence-electron chi connectivity index (χ2n) is 3.72. The van der Waals surface area contributed by atoms with E-state index in [1.54, 1.807) is 0 Å². The Morgan fingerprint density at radius 2 is 2.08 bits per heavy atom. The van der Waals surface area contributed by atoms with E-state index in [2.05, 4.69) is 19.9 Å². The standard InChI is InChI=1S/C12H22O/c1-4-6-7-12(5-2)9-8-11(3)10-13/h8,10,12H,4-7,9H2,1-3H3. The third-order valence-corrected chi connectivity index (χ3v) is 2.50. The van der Waals surface area contributed by atoms with Crippen LogP contribution in [-0.4, -0.2) is 6.29 Å². The summed E-state index contributed by atoms with van der Waals surface area (Å²) >= 11 is 0. The van der Waals surface area contributed by atoms with E-state index in [4.69, 9.17) is 0 Å². The van der Waals surface area contributed by atoms with Crippen LogP contribution in [-0.2, 0) is 4.79 Å². The molecule has 0 amide bonds. The molecule has 13 heavy (non-hydrogen) atoms. The van der Waals surface area contributed by atoms with E-state index < -0.39 is 0 Å². The van der Waals surface area contributed by atoms with Crippen LogP contribution in [0.15, 0.2) is 11.6 Å². The highest BCUT2D eigenvalue weighted by atomic mass is 16.1. The van der Waals surface area contributed by atoms with Gasteiger partial charge in [-0.3, -0.25) is 4.79 Å². The SMILES string of the molecule is CCCCC(CC)CC=C(C)C=O. The average Bonchev–Trinajstić information content (AvgIpc) is 2.17. The minimum Gasteiger partial charge on any atom is -0.298 e. The topological polar surface area (TPSA) is 17.1 Å². The summed E-state index contributed by atoms with van der Waals surface area (Å²) < 4.78 is 0. The molecular weight excluding hydrogens is 160 g/mol. The van der Waals surface area contributed by atoms with Crippen LogP contribution >= 0.6 is 0 Å². The summed E-state index contributed by atoms with van der Waals surface area (Å²) in [5.74, 6) is 0.773. The summed E-state index contributed by atoms with van der Waals surface area (Å²) in [4.78, 5) is 10.4. The first-order chi connectivity index (χ1) is 6.24. The molecule has 0 bridgehead atoms. The van der Waals surface area contributed by atoms with Crippen LogP contribution in [0.4, 0.5) is 0 Å². The predicted octanol–water partition coefficient (Wildman–Crippen LogP) is 3.74. The minimum atomic E-state index is 0.773. The second-order valence-corrected chi connectivity index (χ2v) is 3.72. The molecule has 0 heterocycles. The van der Waals surface area contributed by atoms with Gasteiger partial charge in [0.2, 0.25) is 0 Å². The zero-order valence-corrected chi connectivity index (χ0v) is 9.18. The molecule has 0 N–H and O–H groups in total. The highest BCUT2D eigenvalue weighted by molar-refractivity contribution is 5.71. The summed E-state index contributed by atoms with van der Waals surface area (Å²) in [6, 6.07) is 0. The van der Waals surface area contributed by atoms with Crippen molar-refractivity contribution < 1.29 is 4.79 Å². The zero-order valence-electron chi connectivity index (χ0n) is 9.18. The Kier molecular flexibility index (Phi) is 7.66. The van der Waals surface area contributed by atoms with E-state index in [-0.39, 0.29) is 0 Å². The van der Waals surface area contributed by atoms with Gasteiger partial charge in [-0.2, -0.15) is 0 Å². The lowest BCUT2D eigenvalue weighted by atomic mass is 9.95. The fourth-order valence-electron chi connectivity index (χ4n) is 1.38. The van der Waals surface area contributed by atoms with Crippen molar-refractivity contribution in [3.63, 3.8) is 0 Å². The molecule has 0 radical (unpaired) electrons. The van der Waals surface area contributed by atoms with E-state index in [1.807, 2.05) is 6.92 Å². The number of unbranched alkanes of at least 4 members (excludes halogenated alkanes) is 1. The number of allylic oxidation sites excluding steroid dienone is 2. The maximum absolute atomic E-state index is 10.4. The largest absolute Gasteiger partial charge is 0.298 e. The maximum Gasteiger partial charge on any atom is 0.145 e. The van der Waals surface area contributed by atoms with Crippen molar-refractivity contribution in [3.05, 3.63) is 11.6 Å². The van der Waals surface area contributed by atoms with Crippen molar-refractivity contribution in [2.45, 2.75) is 52.9 Å². The number of hydrogen-bond acceptors (Lipinski definition) is 1. The van der Waals surface area contributed by atoms with Crippen molar-refractivity contribution in [3.8, 4) is 0 Å². The highest BCUT2D eigenvalue weighted by Gasteiger charge is 2.03. The summed E-state index contributed by atoms with van der Waals surface area (Å²) in [7, 11) is 0. The van der Waals surface area contributed by atoms with Crippen LogP contribution in [0, 0.1) is 5.92 Å². The monoisotopic (exact) mass is 182 g/mol. The fourth-order valence-corrected chi connectivity index (χ4v) is 1.38. The first kappa shape index (κ1) is 12.4. The van der Waals surface area contributed by atoms with E-state index in [9.17, 15) is 4.79 Å². The van der Waals surface area contributed by atoms with Crippen LogP contribution in [0.3, 0.4) is 0 Å². The Morgan fingerprint density at radius 1 is 1.38 bits per heavy atom. The van der Waals surface area contributed by atoms with Gasteiger partial charge in [-0.25, -0.2) is 0 Å². The van der Waals surface area contributed by atoms with Gasteiger partial charge in [0, 0.05) is 0 Å². The van der Waals surface area contributed by atoms with Crippen LogP contribution in [0.5, 0.6) is 0 Å². The van der Waals surface area contributed by atoms with Gasteiger partial charge in [-0.05, 0) is 24.8 Å². The normalized spacial score (nSPS) is 14.2. The van der Waals surface area contributed by atoms with Gasteiger partial charge < -0.3 is 0 Å². The molecule has 0 aliphatic heterocycles. The fraction of sp³-hybridized carbons (Fsp3) is 0.750. The molecule has 0 saturated carbocycles. The van der Waals surface area contributed by atoms with Crippen molar-refractivity contribution in [1.29, 1.82) is 0 Å². The summed E-state index contributed by atoms with van der Waals surface area (Å²) in [6.07, 6.45) is 9.18. The quantitative estimate of drug-likeness (QED) is 0.433. The van der Waals surface area contributed by atoms with Crippen LogP contribution < -0.4 is 0 Å². The van der Waals surface area contributed by atoms with Crippen LogP contribution in [0.2, 0.25) is 0 Å². The maximum atomic E-state index is 10.4. The molecular formula is C12H22O. The van der Waals surface area contributed by atoms with Crippen LogP contribution in [0.1, 0.15) is 52.9 Å². The predicted molar refractivity (Wildman–Crippen MR) is 57.7 cm³/mol. The lowest BCUT2D eigenvalue weighted by Gasteiger charge is -2.11. The zero-order chi connectivity index (χ0) is 10.1. The lowest BCUT2D eigenvalue weighted by molar-refractivity contribution is -0.104. The van der Waals surface area contributed by atoms with Gasteiger partial charge in [-0.15, -0.1) is 0 Å². The van der Waals surface area contributed by atoms with E-state index in [0.717, 1.165) is 24.2 Å². The molecule has 76 valence electrons. The van der Waals surface area contributed by atoms with Crippen LogP contribution in [0.25, 0.3) is 0 Å². The first-order valence-corrected chi connectivity index (χ1v) is 5.36. The number of aldehydes is 1. The molecule has 0 aromatic rings. The molecule has 0 spiro atoms. The van der Waals surface area contributed by atoms with Gasteiger partial charge in [0.05, 0.1) is 0 Å². The van der Waals surface area contributed by atoms with Crippen molar-refractivity contribution in [2.24, 2.45) is 5.92 Å². The Hall–Kier alpha value is -0.590. The van der Waals surface area contributed by atoms with Gasteiger partial charge in [0.25, 0.3) is 0 Å². The molecule has 1 heteroatoms. The minimum absolute atomic E-state index is 0.773. The highest BCUT2D eigenvalue weighted by Crippen LogP contribution is 2.17. The molecule has 0 aliphatic rings. The molecule has 0 rings (SSSR count). The number of rotatable bonds is 7. The number of carbonyl (C=O) groups excluding carboxylic acids is 1. The van der Waals surface area contributed by atoms with Gasteiger partial charge in [0.1, 0.15) is 6.29 Å². The Bertz CT molecular complexity index is 159. The van der Waals surface area contributed by atoms with E-state index in [1.165, 1.54) is 25.7 Å². The Labute approximate surface area is 82.2 Å². The van der Waals surface area contributed by atoms with E-state index in [0.29, 0.717) is 0 Å². The van der Waals surface area contributed by atoms with E-state index >= 15 is 0 Å². The number of hydrogen-bond donors (Lipinski definition) is 0. The molecule has 0 aliphatic carbocycles. The van der Waals surface area contributed by atoms with Gasteiger partial charge in [-0.1, -0.05) is 45.6 Å². The average molecular weight is 182 g/mol. The molecule has 0 saturated heterocycles. The Morgan fingerprint density at radius 3 is 2.54 bits per heavy atom. The third-order valence-electron chi connectivity index (χ3n) is 2.50. The van der Waals surface area contributed by atoms with Crippen molar-refractivity contribution in [2.75, 3.05) is 0 Å². The summed E-state index contributed by atoms with van der Waals surface area (Å²) in [5.41, 5.74) is 0.870. The number of carbonyl (C=O) groups is 1. The molecule has 1 unspecified atom stereocenters. The van der Waals surface area contributed by atoms with Gasteiger partial charge >= 0.3 is 0 Å². The molecule has 1 nitrogen and oxygen atoms in total.